The van der Waals surface area contributed by atoms with Gasteiger partial charge in [0.25, 0.3) is 0 Å². The van der Waals surface area contributed by atoms with Crippen molar-refractivity contribution in [1.82, 2.24) is 0 Å². The molecule has 0 amide bonds. The fourth-order valence-electron chi connectivity index (χ4n) is 2.60. The molecule has 2 aromatic rings. The Morgan fingerprint density at radius 1 is 1.00 bits per heavy atom. The second kappa shape index (κ2) is 6.28. The van der Waals surface area contributed by atoms with E-state index in [-0.39, 0.29) is 5.24 Å². The summed E-state index contributed by atoms with van der Waals surface area (Å²) in [5, 5.41) is -0.380. The minimum atomic E-state index is -0.870. The van der Waals surface area contributed by atoms with Gasteiger partial charge in [0.05, 0.1) is 5.41 Å². The van der Waals surface area contributed by atoms with E-state index in [2.05, 4.69) is 6.58 Å². The zero-order valence-corrected chi connectivity index (χ0v) is 13.2. The number of rotatable bonds is 5. The van der Waals surface area contributed by atoms with Crippen molar-refractivity contribution in [2.45, 2.75) is 25.7 Å². The van der Waals surface area contributed by atoms with E-state index in [4.69, 9.17) is 11.6 Å². The van der Waals surface area contributed by atoms with Gasteiger partial charge >= 0.3 is 0 Å². The van der Waals surface area contributed by atoms with Crippen LogP contribution in [0.5, 0.6) is 0 Å². The van der Waals surface area contributed by atoms with Gasteiger partial charge in [-0.15, -0.1) is 6.58 Å². The Hall–Kier alpha value is -1.86. The smallest absolute Gasteiger partial charge is 0.236 e. The van der Waals surface area contributed by atoms with Gasteiger partial charge in [-0.2, -0.15) is 0 Å². The van der Waals surface area contributed by atoms with E-state index in [0.717, 1.165) is 22.3 Å². The summed E-state index contributed by atoms with van der Waals surface area (Å²) in [5.41, 5.74) is 3.23. The highest BCUT2D eigenvalue weighted by Crippen LogP contribution is 2.38. The van der Waals surface area contributed by atoms with Crippen LogP contribution in [0.4, 0.5) is 0 Å². The molecule has 2 heteroatoms. The van der Waals surface area contributed by atoms with Gasteiger partial charge in [0.2, 0.25) is 5.24 Å². The molecule has 21 heavy (non-hydrogen) atoms. The summed E-state index contributed by atoms with van der Waals surface area (Å²) in [6, 6.07) is 15.9. The molecule has 0 aromatic heterocycles. The molecule has 0 spiro atoms. The number of benzene rings is 2. The Bertz CT molecular complexity index is 593. The number of carbonyl (C=O) groups is 1. The van der Waals surface area contributed by atoms with Gasteiger partial charge in [0, 0.05) is 0 Å². The number of carbonyl (C=O) groups excluding carboxylic acids is 1. The van der Waals surface area contributed by atoms with E-state index in [1.165, 1.54) is 0 Å². The number of aryl methyl sites for hydroxylation is 2. The largest absolute Gasteiger partial charge is 0.280 e. The highest BCUT2D eigenvalue weighted by Gasteiger charge is 2.39. The van der Waals surface area contributed by atoms with E-state index in [9.17, 15) is 4.79 Å². The summed E-state index contributed by atoms with van der Waals surface area (Å²) >= 11 is 6.04. The molecular weight excluding hydrogens is 280 g/mol. The zero-order valence-electron chi connectivity index (χ0n) is 12.4. The third-order valence-electron chi connectivity index (χ3n) is 3.87. The van der Waals surface area contributed by atoms with Crippen LogP contribution >= 0.6 is 11.6 Å². The third-order valence-corrected chi connectivity index (χ3v) is 4.20. The Morgan fingerprint density at radius 3 is 1.67 bits per heavy atom. The van der Waals surface area contributed by atoms with Gasteiger partial charge in [-0.3, -0.25) is 4.79 Å². The second-order valence-electron chi connectivity index (χ2n) is 5.40. The predicted molar refractivity (Wildman–Crippen MR) is 88.8 cm³/mol. The topological polar surface area (TPSA) is 17.1 Å². The fourth-order valence-corrected chi connectivity index (χ4v) is 2.90. The Balaban J connectivity index is 2.68. The van der Waals surface area contributed by atoms with Gasteiger partial charge in [-0.05, 0) is 43.0 Å². The number of halogens is 1. The number of hydrogen-bond donors (Lipinski definition) is 0. The molecule has 0 saturated carbocycles. The fraction of sp³-hybridized carbons (Fsp3) is 0.211. The van der Waals surface area contributed by atoms with E-state index in [0.29, 0.717) is 6.42 Å². The summed E-state index contributed by atoms with van der Waals surface area (Å²) in [6.45, 7) is 7.85. The maximum Gasteiger partial charge on any atom is 0.236 e. The molecule has 108 valence electrons. The molecule has 0 bridgehead atoms. The lowest BCUT2D eigenvalue weighted by atomic mass is 9.72. The van der Waals surface area contributed by atoms with Gasteiger partial charge in [-0.25, -0.2) is 0 Å². The Morgan fingerprint density at radius 2 is 1.38 bits per heavy atom. The molecule has 0 heterocycles. The summed E-state index contributed by atoms with van der Waals surface area (Å²) in [5.74, 6) is 0. The molecule has 2 aromatic carbocycles. The molecule has 0 aliphatic carbocycles. The van der Waals surface area contributed by atoms with Crippen LogP contribution in [0, 0.1) is 13.8 Å². The normalized spacial score (nSPS) is 11.2. The molecule has 0 atom stereocenters. The Kier molecular flexibility index (Phi) is 4.64. The van der Waals surface area contributed by atoms with Crippen molar-refractivity contribution in [1.29, 1.82) is 0 Å². The van der Waals surface area contributed by atoms with Gasteiger partial charge in [0.15, 0.2) is 0 Å². The first-order valence-electron chi connectivity index (χ1n) is 6.96. The van der Waals surface area contributed by atoms with E-state index < -0.39 is 5.41 Å². The third kappa shape index (κ3) is 2.93. The zero-order chi connectivity index (χ0) is 15.5. The molecule has 0 radical (unpaired) electrons. The van der Waals surface area contributed by atoms with Crippen LogP contribution < -0.4 is 0 Å². The Labute approximate surface area is 131 Å². The minimum Gasteiger partial charge on any atom is -0.280 e. The standard InChI is InChI=1S/C19H19ClO/c1-4-13-19(18(20)21,16-9-5-14(2)6-10-16)17-11-7-15(3)8-12-17/h4-12H,1,13H2,2-3H3. The molecule has 0 saturated heterocycles. The molecule has 0 aliphatic rings. The highest BCUT2D eigenvalue weighted by atomic mass is 35.5. The van der Waals surface area contributed by atoms with Crippen LogP contribution in [0.1, 0.15) is 28.7 Å². The van der Waals surface area contributed by atoms with Crippen molar-refractivity contribution in [3.63, 3.8) is 0 Å². The van der Waals surface area contributed by atoms with Crippen molar-refractivity contribution >= 4 is 16.8 Å². The maximum atomic E-state index is 12.3. The van der Waals surface area contributed by atoms with Gasteiger partial charge in [0.1, 0.15) is 0 Å². The summed E-state index contributed by atoms with van der Waals surface area (Å²) in [7, 11) is 0. The van der Waals surface area contributed by atoms with Crippen molar-refractivity contribution < 1.29 is 4.79 Å². The molecule has 1 nitrogen and oxygen atoms in total. The van der Waals surface area contributed by atoms with Crippen molar-refractivity contribution in [3.05, 3.63) is 83.4 Å². The highest BCUT2D eigenvalue weighted by molar-refractivity contribution is 6.66. The monoisotopic (exact) mass is 298 g/mol. The first kappa shape index (κ1) is 15.5. The first-order chi connectivity index (χ1) is 10.0. The average molecular weight is 299 g/mol. The maximum absolute atomic E-state index is 12.3. The molecule has 0 N–H and O–H groups in total. The molecule has 0 unspecified atom stereocenters. The van der Waals surface area contributed by atoms with Gasteiger partial charge < -0.3 is 0 Å². The number of allylic oxidation sites excluding steroid dienone is 1. The van der Waals surface area contributed by atoms with Crippen molar-refractivity contribution in [2.75, 3.05) is 0 Å². The molecule has 2 rings (SSSR count). The predicted octanol–water partition coefficient (Wildman–Crippen LogP) is 4.93. The quantitative estimate of drug-likeness (QED) is 0.565. The SMILES string of the molecule is C=CCC(C(=O)Cl)(c1ccc(C)cc1)c1ccc(C)cc1. The van der Waals surface area contributed by atoms with Crippen molar-refractivity contribution in [3.8, 4) is 0 Å². The first-order valence-corrected chi connectivity index (χ1v) is 7.33. The van der Waals surface area contributed by atoms with E-state index in [1.807, 2.05) is 62.4 Å². The lowest BCUT2D eigenvalue weighted by Gasteiger charge is -2.30. The lowest BCUT2D eigenvalue weighted by molar-refractivity contribution is -0.115. The molecule has 0 aliphatic heterocycles. The molecular formula is C19H19ClO. The second-order valence-corrected chi connectivity index (χ2v) is 5.75. The average Bonchev–Trinajstić information content (AvgIpc) is 2.46. The van der Waals surface area contributed by atoms with Crippen molar-refractivity contribution in [2.24, 2.45) is 0 Å². The van der Waals surface area contributed by atoms with Crippen LogP contribution in [0.2, 0.25) is 0 Å². The summed E-state index contributed by atoms with van der Waals surface area (Å²) in [4.78, 5) is 12.3. The van der Waals surface area contributed by atoms with Crippen LogP contribution in [-0.4, -0.2) is 5.24 Å². The molecule has 0 fully saturated rings. The summed E-state index contributed by atoms with van der Waals surface area (Å²) < 4.78 is 0. The van der Waals surface area contributed by atoms with Crippen LogP contribution in [-0.2, 0) is 10.2 Å². The van der Waals surface area contributed by atoms with Gasteiger partial charge in [-0.1, -0.05) is 65.7 Å². The lowest BCUT2D eigenvalue weighted by Crippen LogP contribution is -2.33. The summed E-state index contributed by atoms with van der Waals surface area (Å²) in [6.07, 6.45) is 2.22. The van der Waals surface area contributed by atoms with Crippen LogP contribution in [0.3, 0.4) is 0 Å². The minimum absolute atomic E-state index is 0.380. The van der Waals surface area contributed by atoms with E-state index >= 15 is 0 Å². The number of hydrogen-bond acceptors (Lipinski definition) is 1. The van der Waals surface area contributed by atoms with Crippen LogP contribution in [0.25, 0.3) is 0 Å². The van der Waals surface area contributed by atoms with E-state index in [1.54, 1.807) is 6.08 Å². The van der Waals surface area contributed by atoms with Crippen LogP contribution in [0.15, 0.2) is 61.2 Å².